The molecule has 158 valence electrons. The fourth-order valence-corrected chi connectivity index (χ4v) is 5.91. The summed E-state index contributed by atoms with van der Waals surface area (Å²) in [7, 11) is 0.0350. The summed E-state index contributed by atoms with van der Waals surface area (Å²) >= 11 is 1.83. The third kappa shape index (κ3) is 6.23. The molecule has 0 saturated carbocycles. The molecule has 0 amide bonds. The molecular formula is C24H17F3O2S2. The summed E-state index contributed by atoms with van der Waals surface area (Å²) < 4.78 is 33.0. The average molecular weight is 459 g/mol. The molecule has 2 nitrogen and oxygen atoms in total. The number of hydrogen-bond donors (Lipinski definition) is 0. The van der Waals surface area contributed by atoms with E-state index in [2.05, 4.69) is 102 Å². The van der Waals surface area contributed by atoms with Gasteiger partial charge in [-0.25, -0.2) is 0 Å². The molecule has 31 heavy (non-hydrogen) atoms. The van der Waals surface area contributed by atoms with E-state index in [-0.39, 0.29) is 10.9 Å². The highest BCUT2D eigenvalue weighted by Crippen LogP contribution is 2.33. The molecule has 1 heterocycles. The zero-order valence-electron chi connectivity index (χ0n) is 16.1. The van der Waals surface area contributed by atoms with Crippen molar-refractivity contribution in [1.29, 1.82) is 0 Å². The van der Waals surface area contributed by atoms with Gasteiger partial charge in [0.05, 0.1) is 0 Å². The smallest absolute Gasteiger partial charge is 0.430 e. The number of thiophene rings is 1. The number of fused-ring (bicyclic) bond motifs is 1. The number of rotatable bonds is 3. The van der Waals surface area contributed by atoms with E-state index in [9.17, 15) is 13.2 Å². The predicted octanol–water partition coefficient (Wildman–Crippen LogP) is 5.81. The number of aliphatic carboxylic acids is 1. The van der Waals surface area contributed by atoms with E-state index in [1.54, 1.807) is 0 Å². The van der Waals surface area contributed by atoms with Gasteiger partial charge in [0.15, 0.2) is 9.79 Å². The van der Waals surface area contributed by atoms with Crippen molar-refractivity contribution in [2.24, 2.45) is 0 Å². The first-order valence-electron chi connectivity index (χ1n) is 9.13. The van der Waals surface area contributed by atoms with E-state index in [0.29, 0.717) is 0 Å². The molecule has 0 N–H and O–H groups in total. The van der Waals surface area contributed by atoms with Gasteiger partial charge in [-0.1, -0.05) is 72.0 Å². The minimum Gasteiger partial charge on any atom is -0.542 e. The summed E-state index contributed by atoms with van der Waals surface area (Å²) in [6.45, 7) is 0. The van der Waals surface area contributed by atoms with Crippen molar-refractivity contribution in [2.45, 2.75) is 20.2 Å². The fraction of sp³-hybridized carbons (Fsp3) is 0.0417. The normalized spacial score (nSPS) is 11.0. The van der Waals surface area contributed by atoms with Crippen LogP contribution >= 0.6 is 11.3 Å². The number of alkyl halides is 3. The SMILES string of the molecule is O=C([O-])C(F)(F)F.c1cc2ccc1-2.c1ccc([S+](c2ccccc2)c2cccs2)cc1. The standard InChI is InChI=1S/C16H13S2.C6H4.C2HF3O2/c1-3-8-14(9-4-1)18(16-12-7-13-17-16)15-10-5-2-6-11-15;1-2-6-4-3-5(1)6;3-2(4,5)1(6)7/h1-13H;1-4H;(H,6,7)/q+1;;/p-1. The Labute approximate surface area is 185 Å². The summed E-state index contributed by atoms with van der Waals surface area (Å²) in [6.07, 6.45) is -5.19. The maximum absolute atomic E-state index is 10.5. The molecule has 7 heteroatoms. The van der Waals surface area contributed by atoms with Crippen molar-refractivity contribution in [2.75, 3.05) is 0 Å². The van der Waals surface area contributed by atoms with Crippen molar-refractivity contribution in [3.05, 3.63) is 102 Å². The summed E-state index contributed by atoms with van der Waals surface area (Å²) in [5.41, 5.74) is 2.85. The molecule has 0 aliphatic heterocycles. The topological polar surface area (TPSA) is 40.1 Å². The summed E-state index contributed by atoms with van der Waals surface area (Å²) in [4.78, 5) is 11.5. The Balaban J connectivity index is 0.000000171. The van der Waals surface area contributed by atoms with Crippen LogP contribution < -0.4 is 5.11 Å². The van der Waals surface area contributed by atoms with Crippen molar-refractivity contribution in [1.82, 2.24) is 0 Å². The van der Waals surface area contributed by atoms with Crippen LogP contribution in [0.1, 0.15) is 0 Å². The predicted molar refractivity (Wildman–Crippen MR) is 116 cm³/mol. The average Bonchev–Trinajstić information content (AvgIpc) is 3.27. The monoisotopic (exact) mass is 458 g/mol. The molecule has 0 spiro atoms. The van der Waals surface area contributed by atoms with Gasteiger partial charge in [-0.3, -0.25) is 0 Å². The highest BCUT2D eigenvalue weighted by Gasteiger charge is 2.29. The zero-order valence-corrected chi connectivity index (χ0v) is 17.7. The quantitative estimate of drug-likeness (QED) is 0.320. The molecule has 2 aliphatic rings. The second-order valence-corrected chi connectivity index (χ2v) is 9.43. The second kappa shape index (κ2) is 10.3. The Bertz CT molecular complexity index is 1020. The molecule has 5 rings (SSSR count). The van der Waals surface area contributed by atoms with Gasteiger partial charge in [-0.15, -0.1) is 0 Å². The van der Waals surface area contributed by atoms with E-state index < -0.39 is 12.1 Å². The van der Waals surface area contributed by atoms with Gasteiger partial charge in [0.1, 0.15) is 16.9 Å². The minimum atomic E-state index is -5.19. The number of hydrogen-bond acceptors (Lipinski definition) is 3. The van der Waals surface area contributed by atoms with Crippen LogP contribution in [0.25, 0.3) is 11.1 Å². The van der Waals surface area contributed by atoms with Gasteiger partial charge < -0.3 is 9.90 Å². The van der Waals surface area contributed by atoms with Crippen LogP contribution in [-0.2, 0) is 15.7 Å². The molecule has 3 aromatic rings. The lowest BCUT2D eigenvalue weighted by Crippen LogP contribution is -2.37. The van der Waals surface area contributed by atoms with E-state index in [1.807, 2.05) is 11.3 Å². The van der Waals surface area contributed by atoms with Crippen LogP contribution in [0, 0.1) is 0 Å². The maximum atomic E-state index is 10.5. The Morgan fingerprint density at radius 2 is 1.13 bits per heavy atom. The van der Waals surface area contributed by atoms with Crippen LogP contribution in [0.15, 0.2) is 116 Å². The lowest BCUT2D eigenvalue weighted by atomic mass is 9.95. The molecule has 0 atom stereocenters. The van der Waals surface area contributed by atoms with Crippen LogP contribution in [0.5, 0.6) is 0 Å². The Morgan fingerprint density at radius 3 is 1.39 bits per heavy atom. The summed E-state index contributed by atoms with van der Waals surface area (Å²) in [6, 6.07) is 34.3. The first-order chi connectivity index (χ1) is 14.9. The van der Waals surface area contributed by atoms with Gasteiger partial charge >= 0.3 is 6.18 Å². The van der Waals surface area contributed by atoms with Gasteiger partial charge in [0.25, 0.3) is 0 Å². The number of halogens is 3. The number of carboxylic acids is 1. The largest absolute Gasteiger partial charge is 0.542 e. The van der Waals surface area contributed by atoms with Gasteiger partial charge in [0, 0.05) is 6.07 Å². The second-order valence-electron chi connectivity index (χ2n) is 6.23. The third-order valence-electron chi connectivity index (χ3n) is 4.10. The highest BCUT2D eigenvalue weighted by molar-refractivity contribution is 7.98. The molecule has 0 fully saturated rings. The van der Waals surface area contributed by atoms with Crippen molar-refractivity contribution >= 4 is 28.2 Å². The number of carbonyl (C=O) groups is 1. The van der Waals surface area contributed by atoms with Crippen molar-refractivity contribution < 1.29 is 23.1 Å². The Hall–Kier alpha value is -3.03. The first kappa shape index (κ1) is 22.7. The van der Waals surface area contributed by atoms with Crippen LogP contribution in [0.2, 0.25) is 0 Å². The first-order valence-corrected chi connectivity index (χ1v) is 11.2. The molecule has 0 bridgehead atoms. The van der Waals surface area contributed by atoms with Crippen LogP contribution in [-0.4, -0.2) is 12.1 Å². The van der Waals surface area contributed by atoms with Crippen molar-refractivity contribution in [3.8, 4) is 11.1 Å². The zero-order chi connectivity index (χ0) is 22.3. The molecule has 0 radical (unpaired) electrons. The Kier molecular flexibility index (Phi) is 7.55. The number of carboxylic acid groups (broad SMARTS) is 1. The lowest BCUT2D eigenvalue weighted by molar-refractivity contribution is -0.344. The molecule has 2 aromatic carbocycles. The third-order valence-corrected chi connectivity index (χ3v) is 7.58. The van der Waals surface area contributed by atoms with Crippen molar-refractivity contribution in [3.63, 3.8) is 0 Å². The molecular weight excluding hydrogens is 441 g/mol. The van der Waals surface area contributed by atoms with E-state index in [4.69, 9.17) is 9.90 Å². The van der Waals surface area contributed by atoms with Gasteiger partial charge in [-0.2, -0.15) is 13.2 Å². The highest BCUT2D eigenvalue weighted by atomic mass is 32.2. The molecule has 1 aromatic heterocycles. The molecule has 2 aliphatic carbocycles. The maximum Gasteiger partial charge on any atom is 0.430 e. The van der Waals surface area contributed by atoms with E-state index in [0.717, 1.165) is 0 Å². The Morgan fingerprint density at radius 1 is 0.710 bits per heavy atom. The van der Waals surface area contributed by atoms with Gasteiger partial charge in [-0.05, 0) is 46.8 Å². The van der Waals surface area contributed by atoms with Crippen LogP contribution in [0.3, 0.4) is 0 Å². The number of benzene rings is 3. The van der Waals surface area contributed by atoms with E-state index >= 15 is 0 Å². The summed E-state index contributed by atoms with van der Waals surface area (Å²) in [5.74, 6) is -3.01. The minimum absolute atomic E-state index is 0.0350. The number of carbonyl (C=O) groups excluding carboxylic acids is 1. The van der Waals surface area contributed by atoms with Gasteiger partial charge in [0.2, 0.25) is 4.21 Å². The lowest BCUT2D eigenvalue weighted by Gasteiger charge is -2.10. The van der Waals surface area contributed by atoms with E-state index in [1.165, 1.54) is 25.1 Å². The van der Waals surface area contributed by atoms with Crippen LogP contribution in [0.4, 0.5) is 13.2 Å². The molecule has 0 saturated heterocycles. The summed E-state index contributed by atoms with van der Waals surface area (Å²) in [5, 5.41) is 10.9. The molecule has 0 unspecified atom stereocenters. The fourth-order valence-electron chi connectivity index (χ4n) is 2.52.